The molecule has 25 heavy (non-hydrogen) atoms. The molecule has 1 amide bonds. The molecule has 0 unspecified atom stereocenters. The second-order valence-corrected chi connectivity index (χ2v) is 8.13. The number of amides is 1. The van der Waals surface area contributed by atoms with Crippen LogP contribution in [0.15, 0.2) is 41.3 Å². The average Bonchev–Trinajstić information content (AvgIpc) is 2.54. The first kappa shape index (κ1) is 19.3. The molecule has 0 atom stereocenters. The number of carbonyl (C=O) groups excluding carboxylic acids is 1. The van der Waals surface area contributed by atoms with Gasteiger partial charge in [0.2, 0.25) is 0 Å². The van der Waals surface area contributed by atoms with Crippen LogP contribution in [0.4, 0.5) is 0 Å². The maximum absolute atomic E-state index is 12.3. The molecule has 0 spiro atoms. The van der Waals surface area contributed by atoms with Gasteiger partial charge in [-0.05, 0) is 43.2 Å². The molecule has 0 radical (unpaired) electrons. The molecule has 0 fully saturated rings. The molecule has 0 aliphatic carbocycles. The van der Waals surface area contributed by atoms with Gasteiger partial charge in [0.15, 0.2) is 9.84 Å². The summed E-state index contributed by atoms with van der Waals surface area (Å²) in [7, 11) is -1.89. The van der Waals surface area contributed by atoms with E-state index in [1.807, 2.05) is 25.1 Å². The van der Waals surface area contributed by atoms with Crippen molar-refractivity contribution in [1.29, 1.82) is 0 Å². The molecule has 2 aromatic carbocycles. The highest BCUT2D eigenvalue weighted by atomic mass is 35.5. The van der Waals surface area contributed by atoms with Gasteiger partial charge in [-0.1, -0.05) is 29.3 Å². The van der Waals surface area contributed by atoms with Crippen molar-refractivity contribution in [2.45, 2.75) is 18.2 Å². The van der Waals surface area contributed by atoms with Crippen molar-refractivity contribution in [3.63, 3.8) is 0 Å². The van der Waals surface area contributed by atoms with Gasteiger partial charge in [-0.15, -0.1) is 0 Å². The van der Waals surface area contributed by atoms with Crippen LogP contribution in [0.5, 0.6) is 5.75 Å². The number of hydrogen-bond acceptors (Lipinski definition) is 4. The molecular formula is C18H20ClNO4S. The zero-order chi connectivity index (χ0) is 18.6. The van der Waals surface area contributed by atoms with E-state index in [1.54, 1.807) is 7.11 Å². The monoisotopic (exact) mass is 381 g/mol. The van der Waals surface area contributed by atoms with Crippen molar-refractivity contribution in [2.24, 2.45) is 0 Å². The number of hydrogen-bond donors (Lipinski definition) is 1. The van der Waals surface area contributed by atoms with Gasteiger partial charge in [-0.2, -0.15) is 0 Å². The lowest BCUT2D eigenvalue weighted by atomic mass is 10.1. The number of sulfone groups is 1. The van der Waals surface area contributed by atoms with Crippen molar-refractivity contribution in [1.82, 2.24) is 5.32 Å². The summed E-state index contributed by atoms with van der Waals surface area (Å²) >= 11 is 5.89. The number of carbonyl (C=O) groups is 1. The predicted octanol–water partition coefficient (Wildman–Crippen LogP) is 3.03. The molecule has 0 aliphatic heterocycles. The molecule has 134 valence electrons. The van der Waals surface area contributed by atoms with E-state index in [2.05, 4.69) is 5.32 Å². The topological polar surface area (TPSA) is 72.5 Å². The zero-order valence-corrected chi connectivity index (χ0v) is 15.9. The Bertz CT molecular complexity index is 894. The predicted molar refractivity (Wildman–Crippen MR) is 98.3 cm³/mol. The minimum absolute atomic E-state index is 0.0535. The fourth-order valence-corrected chi connectivity index (χ4v) is 3.75. The van der Waals surface area contributed by atoms with Gasteiger partial charge in [0.05, 0.1) is 17.0 Å². The van der Waals surface area contributed by atoms with Gasteiger partial charge < -0.3 is 10.1 Å². The summed E-state index contributed by atoms with van der Waals surface area (Å²) in [5, 5.41) is 2.88. The number of ether oxygens (including phenoxy) is 1. The largest absolute Gasteiger partial charge is 0.496 e. The Kier molecular flexibility index (Phi) is 6.08. The first-order valence-corrected chi connectivity index (χ1v) is 9.90. The third-order valence-corrected chi connectivity index (χ3v) is 5.29. The van der Waals surface area contributed by atoms with Gasteiger partial charge in [0.25, 0.3) is 5.91 Å². The van der Waals surface area contributed by atoms with E-state index in [4.69, 9.17) is 16.3 Å². The van der Waals surface area contributed by atoms with Crippen LogP contribution in [0, 0.1) is 6.92 Å². The van der Waals surface area contributed by atoms with Crippen LogP contribution in [-0.2, 0) is 16.3 Å². The summed E-state index contributed by atoms with van der Waals surface area (Å²) < 4.78 is 28.7. The fraction of sp³-hybridized carbons (Fsp3) is 0.278. The summed E-state index contributed by atoms with van der Waals surface area (Å²) in [6.45, 7) is 2.39. The highest BCUT2D eigenvalue weighted by Crippen LogP contribution is 2.23. The van der Waals surface area contributed by atoms with Crippen molar-refractivity contribution < 1.29 is 17.9 Å². The zero-order valence-electron chi connectivity index (χ0n) is 14.3. The van der Waals surface area contributed by atoms with Crippen LogP contribution < -0.4 is 10.1 Å². The molecule has 0 heterocycles. The van der Waals surface area contributed by atoms with Gasteiger partial charge >= 0.3 is 0 Å². The van der Waals surface area contributed by atoms with Crippen LogP contribution in [0.2, 0.25) is 5.02 Å². The smallest absolute Gasteiger partial charge is 0.251 e. The van der Waals surface area contributed by atoms with Crippen LogP contribution in [-0.4, -0.2) is 34.2 Å². The van der Waals surface area contributed by atoms with Gasteiger partial charge in [0.1, 0.15) is 5.75 Å². The van der Waals surface area contributed by atoms with Crippen LogP contribution >= 0.6 is 11.6 Å². The van der Waals surface area contributed by atoms with Gasteiger partial charge in [-0.3, -0.25) is 4.79 Å². The third kappa shape index (κ3) is 4.96. The van der Waals surface area contributed by atoms with E-state index in [9.17, 15) is 13.2 Å². The Balaban J connectivity index is 2.08. The minimum atomic E-state index is -3.50. The Morgan fingerprint density at radius 3 is 2.56 bits per heavy atom. The van der Waals surface area contributed by atoms with Crippen LogP contribution in [0.25, 0.3) is 0 Å². The molecule has 5 nitrogen and oxygen atoms in total. The molecule has 2 aromatic rings. The van der Waals surface area contributed by atoms with Crippen molar-refractivity contribution in [2.75, 3.05) is 19.9 Å². The fourth-order valence-electron chi connectivity index (χ4n) is 2.44. The number of aryl methyl sites for hydroxylation is 1. The highest BCUT2D eigenvalue weighted by Gasteiger charge is 2.15. The highest BCUT2D eigenvalue weighted by molar-refractivity contribution is 7.90. The van der Waals surface area contributed by atoms with Crippen molar-refractivity contribution in [3.8, 4) is 5.75 Å². The number of benzene rings is 2. The molecule has 1 N–H and O–H groups in total. The number of halogens is 1. The molecule has 0 bridgehead atoms. The van der Waals surface area contributed by atoms with E-state index in [-0.39, 0.29) is 21.4 Å². The SMILES string of the molecule is COc1ccc(C)cc1CCNC(=O)c1ccc(Cl)c(S(C)(=O)=O)c1. The molecule has 0 saturated heterocycles. The summed E-state index contributed by atoms with van der Waals surface area (Å²) in [4.78, 5) is 12.2. The molecule has 0 aromatic heterocycles. The maximum atomic E-state index is 12.3. The minimum Gasteiger partial charge on any atom is -0.496 e. The molecule has 7 heteroatoms. The Morgan fingerprint density at radius 1 is 1.20 bits per heavy atom. The van der Waals surface area contributed by atoms with E-state index >= 15 is 0 Å². The van der Waals surface area contributed by atoms with E-state index in [0.29, 0.717) is 13.0 Å². The Labute approximate surface area is 152 Å². The van der Waals surface area contributed by atoms with E-state index in [1.165, 1.54) is 18.2 Å². The first-order valence-electron chi connectivity index (χ1n) is 7.63. The number of nitrogens with one attached hydrogen (secondary N) is 1. The van der Waals surface area contributed by atoms with E-state index in [0.717, 1.165) is 23.1 Å². The molecular weight excluding hydrogens is 362 g/mol. The summed E-state index contributed by atoms with van der Waals surface area (Å²) in [6.07, 6.45) is 1.66. The van der Waals surface area contributed by atoms with Crippen molar-refractivity contribution >= 4 is 27.3 Å². The lowest BCUT2D eigenvalue weighted by Crippen LogP contribution is -2.26. The third-order valence-electron chi connectivity index (χ3n) is 3.71. The molecule has 0 saturated carbocycles. The normalized spacial score (nSPS) is 11.2. The van der Waals surface area contributed by atoms with Gasteiger partial charge in [-0.25, -0.2) is 8.42 Å². The first-order chi connectivity index (χ1) is 11.7. The van der Waals surface area contributed by atoms with E-state index < -0.39 is 9.84 Å². The Morgan fingerprint density at radius 2 is 1.92 bits per heavy atom. The van der Waals surface area contributed by atoms with Crippen LogP contribution in [0.1, 0.15) is 21.5 Å². The quantitative estimate of drug-likeness (QED) is 0.834. The van der Waals surface area contributed by atoms with Gasteiger partial charge in [0, 0.05) is 18.4 Å². The summed E-state index contributed by atoms with van der Waals surface area (Å²) in [5.74, 6) is 0.416. The summed E-state index contributed by atoms with van der Waals surface area (Å²) in [5.41, 5.74) is 2.36. The average molecular weight is 382 g/mol. The molecule has 0 aliphatic rings. The maximum Gasteiger partial charge on any atom is 0.251 e. The standard InChI is InChI=1S/C18H20ClNO4S/c1-12-4-7-16(24-2)13(10-12)8-9-20-18(21)14-5-6-15(19)17(11-14)25(3,22)23/h4-7,10-11H,8-9H2,1-3H3,(H,20,21). The second kappa shape index (κ2) is 7.89. The Hall–Kier alpha value is -2.05. The molecule has 2 rings (SSSR count). The summed E-state index contributed by atoms with van der Waals surface area (Å²) in [6, 6.07) is 10.1. The van der Waals surface area contributed by atoms with Crippen LogP contribution in [0.3, 0.4) is 0 Å². The second-order valence-electron chi connectivity index (χ2n) is 5.74. The lowest BCUT2D eigenvalue weighted by Gasteiger charge is -2.11. The lowest BCUT2D eigenvalue weighted by molar-refractivity contribution is 0.0954. The van der Waals surface area contributed by atoms with Crippen molar-refractivity contribution in [3.05, 3.63) is 58.1 Å². The number of rotatable bonds is 6. The number of methoxy groups -OCH3 is 1.